The monoisotopic (exact) mass is 144 g/mol. The Balaban J connectivity index is 2.45. The van der Waals surface area contributed by atoms with E-state index in [1.165, 1.54) is 0 Å². The maximum Gasteiger partial charge on any atom is 0.147 e. The van der Waals surface area contributed by atoms with Crippen molar-refractivity contribution in [1.82, 2.24) is 0 Å². The summed E-state index contributed by atoms with van der Waals surface area (Å²) in [7, 11) is 1.62. The van der Waals surface area contributed by atoms with E-state index < -0.39 is 0 Å². The molecule has 0 saturated carbocycles. The van der Waals surface area contributed by atoms with Crippen LogP contribution in [-0.4, -0.2) is 31.0 Å². The molecule has 1 N–H and O–H groups in total. The van der Waals surface area contributed by atoms with Crippen LogP contribution in [0.25, 0.3) is 0 Å². The van der Waals surface area contributed by atoms with Crippen LogP contribution in [0.15, 0.2) is 12.3 Å². The van der Waals surface area contributed by atoms with E-state index in [-0.39, 0.29) is 18.8 Å². The Bertz CT molecular complexity index is 108. The fourth-order valence-electron chi connectivity index (χ4n) is 0.994. The largest absolute Gasteiger partial charge is 0.493 e. The molecule has 58 valence electrons. The Kier molecular flexibility index (Phi) is 2.71. The van der Waals surface area contributed by atoms with Gasteiger partial charge in [-0.05, 0) is 12.5 Å². The van der Waals surface area contributed by atoms with E-state index in [1.54, 1.807) is 13.4 Å². The standard InChI is InChI=1S/C7H12O3/c1-9-6-3-2-4-10-7(6)5-8/h2,4,6-8H,3,5H2,1H3/t6-,7+/m0/s1. The van der Waals surface area contributed by atoms with Crippen molar-refractivity contribution in [2.75, 3.05) is 13.7 Å². The van der Waals surface area contributed by atoms with Gasteiger partial charge in [-0.25, -0.2) is 0 Å². The molecule has 10 heavy (non-hydrogen) atoms. The van der Waals surface area contributed by atoms with Crippen molar-refractivity contribution < 1.29 is 14.6 Å². The average molecular weight is 144 g/mol. The summed E-state index contributed by atoms with van der Waals surface area (Å²) in [5.41, 5.74) is 0. The molecule has 3 heteroatoms. The maximum atomic E-state index is 8.75. The third-order valence-electron chi connectivity index (χ3n) is 1.62. The van der Waals surface area contributed by atoms with Crippen LogP contribution in [0.3, 0.4) is 0 Å². The zero-order valence-electron chi connectivity index (χ0n) is 5.99. The van der Waals surface area contributed by atoms with Crippen LogP contribution in [0.5, 0.6) is 0 Å². The van der Waals surface area contributed by atoms with Gasteiger partial charge in [-0.2, -0.15) is 0 Å². The van der Waals surface area contributed by atoms with Crippen molar-refractivity contribution in [3.63, 3.8) is 0 Å². The number of hydrogen-bond donors (Lipinski definition) is 1. The number of aliphatic hydroxyl groups excluding tert-OH is 1. The first-order chi connectivity index (χ1) is 4.88. The van der Waals surface area contributed by atoms with Gasteiger partial charge in [0.2, 0.25) is 0 Å². The lowest BCUT2D eigenvalue weighted by molar-refractivity contribution is -0.0521. The first kappa shape index (κ1) is 7.57. The molecule has 2 atom stereocenters. The number of hydrogen-bond acceptors (Lipinski definition) is 3. The Morgan fingerprint density at radius 1 is 1.80 bits per heavy atom. The Labute approximate surface area is 60.3 Å². The second-order valence-electron chi connectivity index (χ2n) is 2.24. The Hall–Kier alpha value is -0.540. The fraction of sp³-hybridized carbons (Fsp3) is 0.714. The summed E-state index contributed by atoms with van der Waals surface area (Å²) in [6, 6.07) is 0. The highest BCUT2D eigenvalue weighted by Gasteiger charge is 2.22. The van der Waals surface area contributed by atoms with Gasteiger partial charge in [-0.3, -0.25) is 0 Å². The van der Waals surface area contributed by atoms with E-state index in [1.807, 2.05) is 6.08 Å². The normalized spacial score (nSPS) is 31.8. The van der Waals surface area contributed by atoms with Gasteiger partial charge in [0.15, 0.2) is 0 Å². The molecule has 1 aliphatic rings. The summed E-state index contributed by atoms with van der Waals surface area (Å²) in [5.74, 6) is 0. The molecule has 0 radical (unpaired) electrons. The molecule has 1 rings (SSSR count). The lowest BCUT2D eigenvalue weighted by Crippen LogP contribution is -2.34. The average Bonchev–Trinajstić information content (AvgIpc) is 2.04. The van der Waals surface area contributed by atoms with Crippen LogP contribution in [0, 0.1) is 0 Å². The first-order valence-corrected chi connectivity index (χ1v) is 3.32. The summed E-state index contributed by atoms with van der Waals surface area (Å²) < 4.78 is 10.1. The molecule has 0 aromatic rings. The molecule has 0 saturated heterocycles. The summed E-state index contributed by atoms with van der Waals surface area (Å²) in [6.07, 6.45) is 4.14. The Morgan fingerprint density at radius 2 is 2.60 bits per heavy atom. The first-order valence-electron chi connectivity index (χ1n) is 3.32. The van der Waals surface area contributed by atoms with E-state index in [9.17, 15) is 0 Å². The van der Waals surface area contributed by atoms with E-state index in [0.717, 1.165) is 6.42 Å². The minimum atomic E-state index is -0.185. The zero-order chi connectivity index (χ0) is 7.40. The maximum absolute atomic E-state index is 8.75. The minimum Gasteiger partial charge on any atom is -0.493 e. The van der Waals surface area contributed by atoms with Crippen LogP contribution < -0.4 is 0 Å². The lowest BCUT2D eigenvalue weighted by Gasteiger charge is -2.25. The van der Waals surface area contributed by atoms with Gasteiger partial charge in [-0.15, -0.1) is 0 Å². The molecule has 0 unspecified atom stereocenters. The van der Waals surface area contributed by atoms with Crippen LogP contribution in [0.2, 0.25) is 0 Å². The van der Waals surface area contributed by atoms with Crippen molar-refractivity contribution >= 4 is 0 Å². The van der Waals surface area contributed by atoms with Crippen LogP contribution in [0.4, 0.5) is 0 Å². The second-order valence-corrected chi connectivity index (χ2v) is 2.24. The highest BCUT2D eigenvalue weighted by molar-refractivity contribution is 4.88. The van der Waals surface area contributed by atoms with Gasteiger partial charge in [0, 0.05) is 7.11 Å². The van der Waals surface area contributed by atoms with E-state index >= 15 is 0 Å². The molecule has 0 fully saturated rings. The number of methoxy groups -OCH3 is 1. The Morgan fingerprint density at radius 3 is 3.10 bits per heavy atom. The van der Waals surface area contributed by atoms with Crippen LogP contribution in [0.1, 0.15) is 6.42 Å². The molecule has 0 aliphatic carbocycles. The number of aliphatic hydroxyl groups is 1. The van der Waals surface area contributed by atoms with Gasteiger partial charge in [0.1, 0.15) is 6.10 Å². The number of rotatable bonds is 2. The highest BCUT2D eigenvalue weighted by Crippen LogP contribution is 2.13. The molecule has 0 aromatic carbocycles. The summed E-state index contributed by atoms with van der Waals surface area (Å²) in [6.45, 7) is 0.0167. The fourth-order valence-corrected chi connectivity index (χ4v) is 0.994. The van der Waals surface area contributed by atoms with E-state index in [0.29, 0.717) is 0 Å². The predicted octanol–water partition coefficient (Wildman–Crippen LogP) is 0.296. The molecule has 3 nitrogen and oxygen atoms in total. The highest BCUT2D eigenvalue weighted by atomic mass is 16.5. The summed E-state index contributed by atoms with van der Waals surface area (Å²) >= 11 is 0. The predicted molar refractivity (Wildman–Crippen MR) is 36.5 cm³/mol. The molecule has 0 bridgehead atoms. The van der Waals surface area contributed by atoms with Crippen molar-refractivity contribution in [3.05, 3.63) is 12.3 Å². The van der Waals surface area contributed by atoms with Gasteiger partial charge in [0.05, 0.1) is 19.0 Å². The molecule has 0 spiro atoms. The van der Waals surface area contributed by atoms with Crippen molar-refractivity contribution in [1.29, 1.82) is 0 Å². The van der Waals surface area contributed by atoms with Gasteiger partial charge in [-0.1, -0.05) is 0 Å². The van der Waals surface area contributed by atoms with Crippen LogP contribution >= 0.6 is 0 Å². The van der Waals surface area contributed by atoms with Gasteiger partial charge < -0.3 is 14.6 Å². The van der Waals surface area contributed by atoms with Gasteiger partial charge in [0.25, 0.3) is 0 Å². The third-order valence-corrected chi connectivity index (χ3v) is 1.62. The zero-order valence-corrected chi connectivity index (χ0v) is 5.99. The van der Waals surface area contributed by atoms with Crippen molar-refractivity contribution in [2.24, 2.45) is 0 Å². The third kappa shape index (κ3) is 1.49. The lowest BCUT2D eigenvalue weighted by atomic mass is 10.1. The molecule has 1 aliphatic heterocycles. The second kappa shape index (κ2) is 3.58. The number of ether oxygens (including phenoxy) is 2. The van der Waals surface area contributed by atoms with E-state index in [2.05, 4.69) is 0 Å². The van der Waals surface area contributed by atoms with Crippen LogP contribution in [-0.2, 0) is 9.47 Å². The summed E-state index contributed by atoms with van der Waals surface area (Å²) in [5, 5.41) is 8.75. The minimum absolute atomic E-state index is 0.00926. The topological polar surface area (TPSA) is 38.7 Å². The molecule has 0 amide bonds. The van der Waals surface area contributed by atoms with Crippen molar-refractivity contribution in [2.45, 2.75) is 18.6 Å². The smallest absolute Gasteiger partial charge is 0.147 e. The van der Waals surface area contributed by atoms with Crippen molar-refractivity contribution in [3.8, 4) is 0 Å². The molecular weight excluding hydrogens is 132 g/mol. The molecular formula is C7H12O3. The SMILES string of the molecule is CO[C@H]1CC=CO[C@@H]1CO. The van der Waals surface area contributed by atoms with E-state index in [4.69, 9.17) is 14.6 Å². The quantitative estimate of drug-likeness (QED) is 0.605. The molecule has 1 heterocycles. The van der Waals surface area contributed by atoms with Gasteiger partial charge >= 0.3 is 0 Å². The molecule has 0 aromatic heterocycles. The summed E-state index contributed by atoms with van der Waals surface area (Å²) in [4.78, 5) is 0.